The van der Waals surface area contributed by atoms with Crippen LogP contribution in [0.2, 0.25) is 0 Å². The van der Waals surface area contributed by atoms with Crippen molar-refractivity contribution in [1.82, 2.24) is 0 Å². The highest BCUT2D eigenvalue weighted by Crippen LogP contribution is 2.33. The first-order valence-corrected chi connectivity index (χ1v) is 6.37. The van der Waals surface area contributed by atoms with Gasteiger partial charge in [0.05, 0.1) is 11.5 Å². The number of hydrogen-bond donors (Lipinski definition) is 1. The molecule has 0 aliphatic rings. The van der Waals surface area contributed by atoms with Crippen molar-refractivity contribution in [3.8, 4) is 0 Å². The van der Waals surface area contributed by atoms with E-state index >= 15 is 0 Å². The molecule has 112 valence electrons. The highest BCUT2D eigenvalue weighted by atomic mass is 16.6. The van der Waals surface area contributed by atoms with Crippen LogP contribution in [0.4, 0.5) is 17.1 Å². The molecule has 1 aromatic carbocycles. The molecule has 0 spiro atoms. The van der Waals surface area contributed by atoms with E-state index in [1.807, 2.05) is 4.90 Å². The van der Waals surface area contributed by atoms with E-state index in [0.29, 0.717) is 32.0 Å². The van der Waals surface area contributed by atoms with Crippen LogP contribution < -0.4 is 10.6 Å². The number of rotatable bonds is 9. The van der Waals surface area contributed by atoms with E-state index in [1.165, 1.54) is 6.07 Å². The third-order valence-electron chi connectivity index (χ3n) is 2.91. The number of anilines is 2. The smallest absolute Gasteiger partial charge is 0.315 e. The summed E-state index contributed by atoms with van der Waals surface area (Å²) in [4.78, 5) is 12.6. The van der Waals surface area contributed by atoms with Gasteiger partial charge in [-0.1, -0.05) is 6.07 Å². The number of benzene rings is 1. The summed E-state index contributed by atoms with van der Waals surface area (Å²) in [7, 11) is 3.23. The van der Waals surface area contributed by atoms with Crippen LogP contribution in [-0.4, -0.2) is 45.4 Å². The van der Waals surface area contributed by atoms with Crippen LogP contribution in [0.3, 0.4) is 0 Å². The second-order valence-electron chi connectivity index (χ2n) is 4.30. The van der Waals surface area contributed by atoms with Crippen molar-refractivity contribution in [2.75, 3.05) is 51.2 Å². The summed E-state index contributed by atoms with van der Waals surface area (Å²) in [6.45, 7) is 2.28. The minimum Gasteiger partial charge on any atom is -0.393 e. The van der Waals surface area contributed by atoms with E-state index < -0.39 is 4.92 Å². The Morgan fingerprint density at radius 2 is 1.95 bits per heavy atom. The number of methoxy groups -OCH3 is 2. The number of nitro groups is 1. The van der Waals surface area contributed by atoms with Crippen LogP contribution in [0.25, 0.3) is 0 Å². The van der Waals surface area contributed by atoms with Crippen LogP contribution in [0.15, 0.2) is 18.2 Å². The molecule has 7 heteroatoms. The summed E-state index contributed by atoms with van der Waals surface area (Å²) < 4.78 is 10.1. The quantitative estimate of drug-likeness (QED) is 0.321. The second-order valence-corrected chi connectivity index (χ2v) is 4.30. The summed E-state index contributed by atoms with van der Waals surface area (Å²) >= 11 is 0. The van der Waals surface area contributed by atoms with Crippen molar-refractivity contribution in [3.63, 3.8) is 0 Å². The molecule has 0 heterocycles. The first-order valence-electron chi connectivity index (χ1n) is 6.37. The fourth-order valence-corrected chi connectivity index (χ4v) is 1.96. The second kappa shape index (κ2) is 8.34. The monoisotopic (exact) mass is 283 g/mol. The number of nitrogens with zero attached hydrogens (tertiary/aromatic N) is 2. The van der Waals surface area contributed by atoms with E-state index in [2.05, 4.69) is 0 Å². The summed E-state index contributed by atoms with van der Waals surface area (Å²) in [5, 5.41) is 11.2. The maximum atomic E-state index is 11.2. The SMILES string of the molecule is COCCCN(CCOC)c1cccc(N)c1[N+](=O)[O-]. The third-order valence-corrected chi connectivity index (χ3v) is 2.91. The molecule has 20 heavy (non-hydrogen) atoms. The molecule has 0 amide bonds. The van der Waals surface area contributed by atoms with Gasteiger partial charge >= 0.3 is 5.69 Å². The molecule has 1 rings (SSSR count). The Hall–Kier alpha value is -1.86. The Labute approximate surface area is 118 Å². The molecule has 0 fully saturated rings. The highest BCUT2D eigenvalue weighted by molar-refractivity contribution is 5.75. The fraction of sp³-hybridized carbons (Fsp3) is 0.538. The number of nitro benzene ring substituents is 1. The molecule has 0 atom stereocenters. The van der Waals surface area contributed by atoms with Crippen LogP contribution in [0.1, 0.15) is 6.42 Å². The molecule has 0 bridgehead atoms. The minimum absolute atomic E-state index is 0.0546. The highest BCUT2D eigenvalue weighted by Gasteiger charge is 2.22. The lowest BCUT2D eigenvalue weighted by atomic mass is 10.2. The van der Waals surface area contributed by atoms with Crippen LogP contribution in [0.5, 0.6) is 0 Å². The first-order chi connectivity index (χ1) is 9.61. The molecule has 0 radical (unpaired) electrons. The zero-order valence-electron chi connectivity index (χ0n) is 11.9. The lowest BCUT2D eigenvalue weighted by molar-refractivity contribution is -0.383. The predicted octanol–water partition coefficient (Wildman–Crippen LogP) is 1.67. The minimum atomic E-state index is -0.444. The molecule has 0 aliphatic carbocycles. The zero-order valence-corrected chi connectivity index (χ0v) is 11.9. The van der Waals surface area contributed by atoms with Gasteiger partial charge in [0, 0.05) is 33.9 Å². The van der Waals surface area contributed by atoms with Gasteiger partial charge in [0.25, 0.3) is 0 Å². The van der Waals surface area contributed by atoms with Gasteiger partial charge < -0.3 is 20.1 Å². The largest absolute Gasteiger partial charge is 0.393 e. The van der Waals surface area contributed by atoms with Crippen molar-refractivity contribution in [3.05, 3.63) is 28.3 Å². The van der Waals surface area contributed by atoms with E-state index in [4.69, 9.17) is 15.2 Å². The number of ether oxygens (including phenoxy) is 2. The lowest BCUT2D eigenvalue weighted by Crippen LogP contribution is -2.29. The number of hydrogen-bond acceptors (Lipinski definition) is 6. The van der Waals surface area contributed by atoms with Crippen LogP contribution >= 0.6 is 0 Å². The van der Waals surface area contributed by atoms with E-state index in [-0.39, 0.29) is 11.4 Å². The van der Waals surface area contributed by atoms with Gasteiger partial charge in [0.15, 0.2) is 0 Å². The molecule has 0 unspecified atom stereocenters. The van der Waals surface area contributed by atoms with Crippen LogP contribution in [-0.2, 0) is 9.47 Å². The fourth-order valence-electron chi connectivity index (χ4n) is 1.96. The summed E-state index contributed by atoms with van der Waals surface area (Å²) in [5.74, 6) is 0. The summed E-state index contributed by atoms with van der Waals surface area (Å²) in [5.41, 5.74) is 6.35. The summed E-state index contributed by atoms with van der Waals surface area (Å²) in [6.07, 6.45) is 0.770. The number of para-hydroxylation sites is 1. The molecule has 0 aromatic heterocycles. The third kappa shape index (κ3) is 4.36. The summed E-state index contributed by atoms with van der Waals surface area (Å²) in [6, 6.07) is 4.95. The van der Waals surface area contributed by atoms with Crippen molar-refractivity contribution in [1.29, 1.82) is 0 Å². The van der Waals surface area contributed by atoms with Gasteiger partial charge in [-0.15, -0.1) is 0 Å². The van der Waals surface area contributed by atoms with Crippen molar-refractivity contribution >= 4 is 17.1 Å². The van der Waals surface area contributed by atoms with E-state index in [9.17, 15) is 10.1 Å². The van der Waals surface area contributed by atoms with Crippen LogP contribution in [0, 0.1) is 10.1 Å². The average Bonchev–Trinajstić information content (AvgIpc) is 2.42. The lowest BCUT2D eigenvalue weighted by Gasteiger charge is -2.24. The standard InChI is InChI=1S/C13H21N3O4/c1-19-9-4-7-15(8-10-20-2)12-6-3-5-11(14)13(12)16(17)18/h3,5-6H,4,7-10,14H2,1-2H3. The molecular weight excluding hydrogens is 262 g/mol. The van der Waals surface area contributed by atoms with Crippen molar-refractivity contribution < 1.29 is 14.4 Å². The number of nitrogen functional groups attached to an aromatic ring is 1. The zero-order chi connectivity index (χ0) is 15.0. The van der Waals surface area contributed by atoms with Gasteiger partial charge in [0.2, 0.25) is 0 Å². The molecule has 7 nitrogen and oxygen atoms in total. The Balaban J connectivity index is 2.99. The average molecular weight is 283 g/mol. The molecule has 1 aromatic rings. The Morgan fingerprint density at radius 1 is 1.25 bits per heavy atom. The van der Waals surface area contributed by atoms with Crippen molar-refractivity contribution in [2.24, 2.45) is 0 Å². The Bertz CT molecular complexity index is 440. The van der Waals surface area contributed by atoms with Gasteiger partial charge in [-0.3, -0.25) is 10.1 Å². The van der Waals surface area contributed by atoms with E-state index in [1.54, 1.807) is 26.4 Å². The normalized spacial score (nSPS) is 10.5. The Morgan fingerprint density at radius 3 is 2.55 bits per heavy atom. The number of nitrogens with two attached hydrogens (primary N) is 1. The van der Waals surface area contributed by atoms with Gasteiger partial charge in [0.1, 0.15) is 11.4 Å². The molecular formula is C13H21N3O4. The maximum absolute atomic E-state index is 11.2. The molecule has 0 saturated carbocycles. The molecule has 0 saturated heterocycles. The maximum Gasteiger partial charge on any atom is 0.315 e. The van der Waals surface area contributed by atoms with Crippen molar-refractivity contribution in [2.45, 2.75) is 6.42 Å². The predicted molar refractivity (Wildman–Crippen MR) is 78.1 cm³/mol. The van der Waals surface area contributed by atoms with Gasteiger partial charge in [-0.25, -0.2) is 0 Å². The van der Waals surface area contributed by atoms with Gasteiger partial charge in [-0.2, -0.15) is 0 Å². The first kappa shape index (κ1) is 16.2. The molecule has 2 N–H and O–H groups in total. The Kier molecular flexibility index (Phi) is 6.75. The van der Waals surface area contributed by atoms with E-state index in [0.717, 1.165) is 6.42 Å². The topological polar surface area (TPSA) is 90.9 Å². The van der Waals surface area contributed by atoms with Gasteiger partial charge in [-0.05, 0) is 18.6 Å². The molecule has 0 aliphatic heterocycles.